The van der Waals surface area contributed by atoms with Crippen LogP contribution in [0.25, 0.3) is 15.9 Å². The van der Waals surface area contributed by atoms with Crippen LogP contribution >= 0.6 is 23.1 Å². The summed E-state index contributed by atoms with van der Waals surface area (Å²) in [4.78, 5) is 19.7. The molecule has 1 aliphatic rings. The summed E-state index contributed by atoms with van der Waals surface area (Å²) in [5, 5.41) is 8.69. The lowest BCUT2D eigenvalue weighted by Gasteiger charge is -2.31. The number of hydrogen-bond donors (Lipinski definition) is 0. The SMILES string of the molecule is O=C(c1ccc(CSc2nc3ccccc3s2)cc1)N1CCC(c2nnc3ccccn23)CC1. The van der Waals surface area contributed by atoms with Gasteiger partial charge in [-0.25, -0.2) is 4.98 Å². The summed E-state index contributed by atoms with van der Waals surface area (Å²) in [5.41, 5.74) is 3.87. The Hall–Kier alpha value is -3.23. The number of likely N-dealkylation sites (tertiary alicyclic amines) is 1. The number of carbonyl (C=O) groups is 1. The molecule has 170 valence electrons. The highest BCUT2D eigenvalue weighted by atomic mass is 32.2. The molecule has 3 aromatic heterocycles. The molecule has 0 aliphatic carbocycles. The first-order valence-electron chi connectivity index (χ1n) is 11.4. The largest absolute Gasteiger partial charge is 0.339 e. The van der Waals surface area contributed by atoms with E-state index < -0.39 is 0 Å². The first kappa shape index (κ1) is 21.3. The summed E-state index contributed by atoms with van der Waals surface area (Å²) in [7, 11) is 0. The van der Waals surface area contributed by atoms with E-state index in [0.29, 0.717) is 5.92 Å². The Morgan fingerprint density at radius 2 is 1.76 bits per heavy atom. The van der Waals surface area contributed by atoms with Crippen LogP contribution in [0.4, 0.5) is 0 Å². The topological polar surface area (TPSA) is 63.4 Å². The van der Waals surface area contributed by atoms with Crippen molar-refractivity contribution in [3.05, 3.63) is 89.9 Å². The average Bonchev–Trinajstić information content (AvgIpc) is 3.51. The minimum atomic E-state index is 0.106. The van der Waals surface area contributed by atoms with Gasteiger partial charge in [0.25, 0.3) is 5.91 Å². The first-order chi connectivity index (χ1) is 16.7. The van der Waals surface area contributed by atoms with Crippen molar-refractivity contribution in [2.24, 2.45) is 0 Å². The van der Waals surface area contributed by atoms with Crippen molar-refractivity contribution in [1.82, 2.24) is 24.5 Å². The Bertz CT molecular complexity index is 1420. The summed E-state index contributed by atoms with van der Waals surface area (Å²) in [6.45, 7) is 1.47. The van der Waals surface area contributed by atoms with E-state index in [0.717, 1.165) is 58.6 Å². The van der Waals surface area contributed by atoms with Crippen molar-refractivity contribution in [3.63, 3.8) is 0 Å². The second-order valence-electron chi connectivity index (χ2n) is 8.49. The summed E-state index contributed by atoms with van der Waals surface area (Å²) < 4.78 is 4.35. The molecule has 1 fully saturated rings. The minimum Gasteiger partial charge on any atom is -0.339 e. The molecule has 34 heavy (non-hydrogen) atoms. The number of fused-ring (bicyclic) bond motifs is 2. The maximum atomic E-state index is 13.1. The third-order valence-corrected chi connectivity index (χ3v) is 8.58. The Labute approximate surface area is 205 Å². The van der Waals surface area contributed by atoms with E-state index in [1.807, 2.05) is 59.6 Å². The number of pyridine rings is 1. The number of piperidine rings is 1. The third-order valence-electron chi connectivity index (χ3n) is 6.32. The Morgan fingerprint density at radius 1 is 0.971 bits per heavy atom. The zero-order chi connectivity index (χ0) is 22.9. The van der Waals surface area contributed by atoms with Crippen molar-refractivity contribution < 1.29 is 4.79 Å². The number of rotatable bonds is 5. The standard InChI is InChI=1S/C26H23N5OS2/c32-25(30-15-12-19(13-16-30)24-29-28-23-7-3-4-14-31(23)24)20-10-8-18(9-11-20)17-33-26-27-21-5-1-2-6-22(21)34-26/h1-11,14,19H,12-13,15-17H2. The van der Waals surface area contributed by atoms with Crippen molar-refractivity contribution in [1.29, 1.82) is 0 Å². The molecule has 0 bridgehead atoms. The zero-order valence-electron chi connectivity index (χ0n) is 18.5. The predicted octanol–water partition coefficient (Wildman–Crippen LogP) is 5.65. The Kier molecular flexibility index (Phi) is 5.76. The lowest BCUT2D eigenvalue weighted by Crippen LogP contribution is -2.38. The maximum absolute atomic E-state index is 13.1. The van der Waals surface area contributed by atoms with E-state index in [4.69, 9.17) is 0 Å². The van der Waals surface area contributed by atoms with E-state index in [1.165, 1.54) is 10.3 Å². The second-order valence-corrected chi connectivity index (χ2v) is 10.7. The van der Waals surface area contributed by atoms with Crippen LogP contribution in [0, 0.1) is 0 Å². The van der Waals surface area contributed by atoms with Crippen molar-refractivity contribution >= 4 is 44.9 Å². The molecule has 0 N–H and O–H groups in total. The van der Waals surface area contributed by atoms with E-state index in [1.54, 1.807) is 23.1 Å². The summed E-state index contributed by atoms with van der Waals surface area (Å²) in [6.07, 6.45) is 3.81. The molecular weight excluding hydrogens is 462 g/mol. The molecule has 0 radical (unpaired) electrons. The third kappa shape index (κ3) is 4.19. The number of aromatic nitrogens is 4. The van der Waals surface area contributed by atoms with Gasteiger partial charge in [0, 0.05) is 36.5 Å². The number of hydrogen-bond acceptors (Lipinski definition) is 6. The van der Waals surface area contributed by atoms with Crippen LogP contribution in [-0.2, 0) is 5.75 Å². The molecule has 1 aliphatic heterocycles. The second kappa shape index (κ2) is 9.19. The normalized spacial score (nSPS) is 14.8. The summed E-state index contributed by atoms with van der Waals surface area (Å²) in [5.74, 6) is 2.27. The molecule has 0 unspecified atom stereocenters. The quantitative estimate of drug-likeness (QED) is 0.301. The van der Waals surface area contributed by atoms with Crippen molar-refractivity contribution in [2.45, 2.75) is 28.9 Å². The average molecular weight is 486 g/mol. The number of amides is 1. The zero-order valence-corrected chi connectivity index (χ0v) is 20.1. The number of para-hydroxylation sites is 1. The molecule has 6 rings (SSSR count). The fourth-order valence-electron chi connectivity index (χ4n) is 4.46. The first-order valence-corrected chi connectivity index (χ1v) is 13.2. The molecule has 1 amide bonds. The predicted molar refractivity (Wildman–Crippen MR) is 136 cm³/mol. The van der Waals surface area contributed by atoms with Gasteiger partial charge < -0.3 is 4.90 Å². The van der Waals surface area contributed by atoms with Crippen molar-refractivity contribution in [3.8, 4) is 0 Å². The van der Waals surface area contributed by atoms with Gasteiger partial charge in [0.15, 0.2) is 9.99 Å². The number of nitrogens with zero attached hydrogens (tertiary/aromatic N) is 5. The number of benzene rings is 2. The minimum absolute atomic E-state index is 0.106. The highest BCUT2D eigenvalue weighted by Crippen LogP contribution is 2.32. The van der Waals surface area contributed by atoms with Gasteiger partial charge in [-0.1, -0.05) is 42.1 Å². The lowest BCUT2D eigenvalue weighted by atomic mass is 9.95. The van der Waals surface area contributed by atoms with Gasteiger partial charge in [0.05, 0.1) is 10.2 Å². The highest BCUT2D eigenvalue weighted by Gasteiger charge is 2.27. The highest BCUT2D eigenvalue weighted by molar-refractivity contribution is 8.00. The van der Waals surface area contributed by atoms with E-state index >= 15 is 0 Å². The van der Waals surface area contributed by atoms with Gasteiger partial charge in [-0.15, -0.1) is 21.5 Å². The summed E-state index contributed by atoms with van der Waals surface area (Å²) >= 11 is 3.46. The van der Waals surface area contributed by atoms with Crippen LogP contribution in [0.3, 0.4) is 0 Å². The van der Waals surface area contributed by atoms with Crippen LogP contribution in [0.15, 0.2) is 77.3 Å². The lowest BCUT2D eigenvalue weighted by molar-refractivity contribution is 0.0711. The number of carbonyl (C=O) groups excluding carboxylic acids is 1. The van der Waals surface area contributed by atoms with Crippen molar-refractivity contribution in [2.75, 3.05) is 13.1 Å². The maximum Gasteiger partial charge on any atom is 0.253 e. The van der Waals surface area contributed by atoms with Gasteiger partial charge in [-0.05, 0) is 54.8 Å². The van der Waals surface area contributed by atoms with Crippen LogP contribution < -0.4 is 0 Å². The smallest absolute Gasteiger partial charge is 0.253 e. The van der Waals surface area contributed by atoms with E-state index in [2.05, 4.69) is 37.8 Å². The molecule has 0 saturated carbocycles. The summed E-state index contributed by atoms with van der Waals surface area (Å²) in [6, 6.07) is 22.2. The molecule has 8 heteroatoms. The Balaban J connectivity index is 1.06. The molecular formula is C26H23N5OS2. The fourth-order valence-corrected chi connectivity index (χ4v) is 6.49. The van der Waals surface area contributed by atoms with Crippen LogP contribution in [0.2, 0.25) is 0 Å². The number of thioether (sulfide) groups is 1. The monoisotopic (exact) mass is 485 g/mol. The Morgan fingerprint density at radius 3 is 2.59 bits per heavy atom. The van der Waals surface area contributed by atoms with Gasteiger partial charge in [0.2, 0.25) is 0 Å². The van der Waals surface area contributed by atoms with Gasteiger partial charge in [-0.2, -0.15) is 0 Å². The fraction of sp³-hybridized carbons (Fsp3) is 0.231. The molecule has 0 spiro atoms. The van der Waals surface area contributed by atoms with Gasteiger partial charge in [0.1, 0.15) is 5.82 Å². The molecule has 0 atom stereocenters. The van der Waals surface area contributed by atoms with Crippen LogP contribution in [0.5, 0.6) is 0 Å². The molecule has 6 nitrogen and oxygen atoms in total. The van der Waals surface area contributed by atoms with Crippen LogP contribution in [-0.4, -0.2) is 43.5 Å². The number of thiazole rings is 1. The molecule has 5 aromatic rings. The van der Waals surface area contributed by atoms with E-state index in [9.17, 15) is 4.79 Å². The molecule has 1 saturated heterocycles. The molecule has 2 aromatic carbocycles. The van der Waals surface area contributed by atoms with Crippen LogP contribution in [0.1, 0.15) is 40.5 Å². The van der Waals surface area contributed by atoms with Gasteiger partial charge in [-0.3, -0.25) is 9.20 Å². The molecule has 4 heterocycles. The van der Waals surface area contributed by atoms with Gasteiger partial charge >= 0.3 is 0 Å². The van der Waals surface area contributed by atoms with E-state index in [-0.39, 0.29) is 5.91 Å².